The van der Waals surface area contributed by atoms with Gasteiger partial charge in [0.05, 0.1) is 17.1 Å². The van der Waals surface area contributed by atoms with E-state index in [2.05, 4.69) is 25.6 Å². The predicted molar refractivity (Wildman–Crippen MR) is 90.6 cm³/mol. The summed E-state index contributed by atoms with van der Waals surface area (Å²) in [5.74, 6) is 0.460. The molecule has 0 radical (unpaired) electrons. The van der Waals surface area contributed by atoms with Gasteiger partial charge in [0.2, 0.25) is 5.95 Å². The standard InChI is InChI=1S/C15H18N6O4/c1-3-25-14(22)11-7-19-15(20-8-11)17-5-4-16-13-6-10(2)12(9-18-13)21(23)24/h6-9H,3-5H2,1-2H3,(H,16,18)(H,17,19,20). The highest BCUT2D eigenvalue weighted by molar-refractivity contribution is 5.88. The summed E-state index contributed by atoms with van der Waals surface area (Å²) in [7, 11) is 0. The minimum absolute atomic E-state index is 0.0150. The minimum Gasteiger partial charge on any atom is -0.462 e. The zero-order chi connectivity index (χ0) is 18.2. The van der Waals surface area contributed by atoms with Crippen molar-refractivity contribution in [1.82, 2.24) is 15.0 Å². The van der Waals surface area contributed by atoms with Gasteiger partial charge in [-0.2, -0.15) is 0 Å². The number of aromatic nitrogens is 3. The number of esters is 1. The van der Waals surface area contributed by atoms with E-state index in [4.69, 9.17) is 4.74 Å². The second-order valence-corrected chi connectivity index (χ2v) is 4.98. The van der Waals surface area contributed by atoms with Crippen LogP contribution < -0.4 is 10.6 Å². The normalized spacial score (nSPS) is 10.2. The fraction of sp³-hybridized carbons (Fsp3) is 0.333. The third-order valence-corrected chi connectivity index (χ3v) is 3.16. The molecule has 0 bridgehead atoms. The molecule has 2 heterocycles. The first-order valence-electron chi connectivity index (χ1n) is 7.59. The molecule has 0 atom stereocenters. The number of ether oxygens (including phenoxy) is 1. The first kappa shape index (κ1) is 18.0. The molecule has 0 aliphatic heterocycles. The Morgan fingerprint density at radius 3 is 2.48 bits per heavy atom. The number of nitro groups is 1. The highest BCUT2D eigenvalue weighted by atomic mass is 16.6. The molecule has 2 aromatic heterocycles. The quantitative estimate of drug-likeness (QED) is 0.317. The number of pyridine rings is 1. The summed E-state index contributed by atoms with van der Waals surface area (Å²) >= 11 is 0. The van der Waals surface area contributed by atoms with Crippen molar-refractivity contribution >= 4 is 23.4 Å². The number of aryl methyl sites for hydroxylation is 1. The van der Waals surface area contributed by atoms with Crippen LogP contribution in [-0.2, 0) is 4.74 Å². The van der Waals surface area contributed by atoms with Gasteiger partial charge in [-0.05, 0) is 19.9 Å². The van der Waals surface area contributed by atoms with E-state index in [0.717, 1.165) is 0 Å². The Bertz CT molecular complexity index is 750. The Hall–Kier alpha value is -3.30. The van der Waals surface area contributed by atoms with Crippen LogP contribution in [0.25, 0.3) is 0 Å². The molecule has 25 heavy (non-hydrogen) atoms. The van der Waals surface area contributed by atoms with E-state index in [1.807, 2.05) is 0 Å². The van der Waals surface area contributed by atoms with E-state index in [0.29, 0.717) is 37.0 Å². The molecule has 0 saturated heterocycles. The SMILES string of the molecule is CCOC(=O)c1cnc(NCCNc2cc(C)c([N+](=O)[O-])cn2)nc1. The predicted octanol–water partition coefficient (Wildman–Crippen LogP) is 1.79. The lowest BCUT2D eigenvalue weighted by Gasteiger charge is -2.08. The van der Waals surface area contributed by atoms with Crippen molar-refractivity contribution in [3.8, 4) is 0 Å². The molecule has 0 saturated carbocycles. The Labute approximate surface area is 143 Å². The van der Waals surface area contributed by atoms with Crippen LogP contribution in [0.2, 0.25) is 0 Å². The van der Waals surface area contributed by atoms with Crippen LogP contribution >= 0.6 is 0 Å². The van der Waals surface area contributed by atoms with Crippen molar-refractivity contribution in [3.05, 3.63) is 45.9 Å². The maximum atomic E-state index is 11.5. The summed E-state index contributed by atoms with van der Waals surface area (Å²) < 4.78 is 4.85. The van der Waals surface area contributed by atoms with Crippen LogP contribution in [0.3, 0.4) is 0 Å². The van der Waals surface area contributed by atoms with Crippen molar-refractivity contribution in [3.63, 3.8) is 0 Å². The number of nitrogens with one attached hydrogen (secondary N) is 2. The maximum Gasteiger partial charge on any atom is 0.341 e. The first-order valence-corrected chi connectivity index (χ1v) is 7.59. The number of carbonyl (C=O) groups is 1. The number of carbonyl (C=O) groups excluding carboxylic acids is 1. The maximum absolute atomic E-state index is 11.5. The summed E-state index contributed by atoms with van der Waals surface area (Å²) in [6.45, 7) is 4.68. The summed E-state index contributed by atoms with van der Waals surface area (Å²) in [6, 6.07) is 1.61. The fourth-order valence-electron chi connectivity index (χ4n) is 1.94. The van der Waals surface area contributed by atoms with Crippen LogP contribution in [0.4, 0.5) is 17.5 Å². The monoisotopic (exact) mass is 346 g/mol. The third-order valence-electron chi connectivity index (χ3n) is 3.16. The van der Waals surface area contributed by atoms with E-state index < -0.39 is 10.9 Å². The summed E-state index contributed by atoms with van der Waals surface area (Å²) in [5, 5.41) is 16.8. The third kappa shape index (κ3) is 5.09. The molecule has 0 amide bonds. The molecule has 0 aliphatic carbocycles. The van der Waals surface area contributed by atoms with Crippen LogP contribution in [0.15, 0.2) is 24.7 Å². The van der Waals surface area contributed by atoms with Gasteiger partial charge in [-0.1, -0.05) is 0 Å². The Balaban J connectivity index is 1.80. The average molecular weight is 346 g/mol. The van der Waals surface area contributed by atoms with Gasteiger partial charge in [0, 0.05) is 31.0 Å². The van der Waals surface area contributed by atoms with Gasteiger partial charge in [-0.3, -0.25) is 10.1 Å². The molecule has 2 aromatic rings. The Morgan fingerprint density at radius 1 is 1.20 bits per heavy atom. The topological polar surface area (TPSA) is 132 Å². The zero-order valence-electron chi connectivity index (χ0n) is 13.9. The van der Waals surface area contributed by atoms with Gasteiger partial charge < -0.3 is 15.4 Å². The number of hydrogen-bond acceptors (Lipinski definition) is 9. The molecule has 0 aliphatic rings. The fourth-order valence-corrected chi connectivity index (χ4v) is 1.94. The van der Waals surface area contributed by atoms with Gasteiger partial charge >= 0.3 is 5.97 Å². The second kappa shape index (κ2) is 8.52. The lowest BCUT2D eigenvalue weighted by atomic mass is 10.2. The molecule has 10 nitrogen and oxygen atoms in total. The zero-order valence-corrected chi connectivity index (χ0v) is 13.9. The summed E-state index contributed by atoms with van der Waals surface area (Å²) in [4.78, 5) is 33.8. The van der Waals surface area contributed by atoms with Gasteiger partial charge in [0.15, 0.2) is 0 Å². The first-order chi connectivity index (χ1) is 12.0. The molecule has 2 rings (SSSR count). The molecule has 0 unspecified atom stereocenters. The molecule has 0 aromatic carbocycles. The van der Waals surface area contributed by atoms with E-state index in [9.17, 15) is 14.9 Å². The van der Waals surface area contributed by atoms with Gasteiger partial charge in [0.1, 0.15) is 12.0 Å². The van der Waals surface area contributed by atoms with Crippen molar-refractivity contribution in [2.75, 3.05) is 30.3 Å². The average Bonchev–Trinajstić information content (AvgIpc) is 2.59. The lowest BCUT2D eigenvalue weighted by Crippen LogP contribution is -2.16. The van der Waals surface area contributed by atoms with E-state index in [-0.39, 0.29) is 11.3 Å². The van der Waals surface area contributed by atoms with Gasteiger partial charge in [-0.15, -0.1) is 0 Å². The molecule has 10 heteroatoms. The van der Waals surface area contributed by atoms with Crippen molar-refractivity contribution in [2.24, 2.45) is 0 Å². The van der Waals surface area contributed by atoms with Crippen LogP contribution in [0.5, 0.6) is 0 Å². The van der Waals surface area contributed by atoms with E-state index in [1.54, 1.807) is 19.9 Å². The number of hydrogen-bond donors (Lipinski definition) is 2. The van der Waals surface area contributed by atoms with E-state index in [1.165, 1.54) is 18.6 Å². The van der Waals surface area contributed by atoms with Crippen LogP contribution in [0, 0.1) is 17.0 Å². The van der Waals surface area contributed by atoms with Gasteiger partial charge in [-0.25, -0.2) is 19.7 Å². The number of nitrogens with zero attached hydrogens (tertiary/aromatic N) is 4. The van der Waals surface area contributed by atoms with E-state index >= 15 is 0 Å². The van der Waals surface area contributed by atoms with Crippen molar-refractivity contribution in [2.45, 2.75) is 13.8 Å². The highest BCUT2D eigenvalue weighted by Crippen LogP contribution is 2.18. The van der Waals surface area contributed by atoms with Crippen molar-refractivity contribution < 1.29 is 14.5 Å². The summed E-state index contributed by atoms with van der Waals surface area (Å²) in [5.41, 5.74) is 0.809. The molecular weight excluding hydrogens is 328 g/mol. The number of anilines is 2. The van der Waals surface area contributed by atoms with Crippen molar-refractivity contribution in [1.29, 1.82) is 0 Å². The highest BCUT2D eigenvalue weighted by Gasteiger charge is 2.11. The Kier molecular flexibility index (Phi) is 6.15. The summed E-state index contributed by atoms with van der Waals surface area (Å²) in [6.07, 6.45) is 4.01. The van der Waals surface area contributed by atoms with Crippen LogP contribution in [-0.4, -0.2) is 45.5 Å². The molecule has 132 valence electrons. The largest absolute Gasteiger partial charge is 0.462 e. The molecule has 0 fully saturated rings. The van der Waals surface area contributed by atoms with Gasteiger partial charge in [0.25, 0.3) is 5.69 Å². The molecule has 0 spiro atoms. The smallest absolute Gasteiger partial charge is 0.341 e. The van der Waals surface area contributed by atoms with Crippen LogP contribution in [0.1, 0.15) is 22.8 Å². The molecular formula is C15H18N6O4. The Morgan fingerprint density at radius 2 is 1.88 bits per heavy atom. The minimum atomic E-state index is -0.467. The number of rotatable bonds is 8. The molecule has 2 N–H and O–H groups in total. The second-order valence-electron chi connectivity index (χ2n) is 4.98. The lowest BCUT2D eigenvalue weighted by molar-refractivity contribution is -0.385.